The molecular weight excluding hydrogens is 933 g/mol. The predicted octanol–water partition coefficient (Wildman–Crippen LogP) is 23.6. The molecule has 0 radical (unpaired) electrons. The molecule has 1 aliphatic rings. The summed E-state index contributed by atoms with van der Waals surface area (Å²) in [5.74, 6) is 0. The molecule has 1 unspecified atom stereocenters. The minimum absolute atomic E-state index is 0.844. The van der Waals surface area contributed by atoms with Gasteiger partial charge in [0, 0.05) is 108 Å². The molecule has 3 aromatic heterocycles. The second kappa shape index (κ2) is 32.0. The monoisotopic (exact) mass is 1030 g/mol. The van der Waals surface area contributed by atoms with Gasteiger partial charge in [0.05, 0.1) is 13.6 Å². The lowest BCUT2D eigenvalue weighted by Gasteiger charge is -2.30. The molecule has 4 nitrogen and oxygen atoms in total. The van der Waals surface area contributed by atoms with Crippen molar-refractivity contribution in [3.8, 4) is 33.4 Å². The van der Waals surface area contributed by atoms with Crippen molar-refractivity contribution in [3.05, 3.63) is 170 Å². The highest BCUT2D eigenvalue weighted by molar-refractivity contribution is 6.16. The molecular formula is C73H99N4+. The first-order valence-electron chi connectivity index (χ1n) is 30.1. The van der Waals surface area contributed by atoms with Gasteiger partial charge in [-0.2, -0.15) is 0 Å². The van der Waals surface area contributed by atoms with Gasteiger partial charge in [-0.1, -0.05) is 220 Å². The Morgan fingerprint density at radius 2 is 0.636 bits per heavy atom. The summed E-state index contributed by atoms with van der Waals surface area (Å²) in [4.78, 5) is 0. The van der Waals surface area contributed by atoms with Crippen LogP contribution in [-0.2, 0) is 19.6 Å². The van der Waals surface area contributed by atoms with Crippen LogP contribution in [0, 0.1) is 0 Å². The third-order valence-electron chi connectivity index (χ3n) is 13.8. The van der Waals surface area contributed by atoms with E-state index in [1.165, 1.54) is 110 Å². The van der Waals surface area contributed by atoms with E-state index in [1.807, 2.05) is 111 Å². The van der Waals surface area contributed by atoms with Crippen LogP contribution in [0.2, 0.25) is 0 Å². The maximum atomic E-state index is 2.44. The minimum Gasteiger partial charge on any atom is -0.341 e. The van der Waals surface area contributed by atoms with E-state index in [1.54, 1.807) is 0 Å². The number of fused-ring (bicyclic) bond motifs is 12. The third-order valence-corrected chi connectivity index (χ3v) is 13.8. The van der Waals surface area contributed by atoms with Crippen LogP contribution in [0.15, 0.2) is 170 Å². The predicted molar refractivity (Wildman–Crippen MR) is 354 cm³/mol. The highest BCUT2D eigenvalue weighted by Crippen LogP contribution is 2.55. The highest BCUT2D eigenvalue weighted by Gasteiger charge is 2.41. The molecule has 0 N–H and O–H groups in total. The number of para-hydroxylation sites is 5. The first-order valence-corrected chi connectivity index (χ1v) is 30.1. The normalized spacial score (nSPS) is 12.2. The zero-order valence-electron chi connectivity index (χ0n) is 51.8. The molecule has 0 saturated carbocycles. The second-order valence-electron chi connectivity index (χ2n) is 16.7. The van der Waals surface area contributed by atoms with Crippen molar-refractivity contribution in [2.75, 3.05) is 13.6 Å². The number of aryl methyl sites for hydroxylation is 3. The summed E-state index contributed by atoms with van der Waals surface area (Å²) < 4.78 is 8.15. The lowest BCUT2D eigenvalue weighted by molar-refractivity contribution is 0.494. The number of aromatic nitrogens is 3. The van der Waals surface area contributed by atoms with Gasteiger partial charge in [-0.25, -0.2) is 0 Å². The largest absolute Gasteiger partial charge is 0.341 e. The number of benzene rings is 8. The standard InChI is InChI=1S/C29H27N2.C28H24N2.8C2H6/c1-4-30-26-15-8-6-11-22(26)23-18-17-20(19-27(23)30)21-13-10-14-25-24-12-7-9-16-28(24)31(3,5-2)29(21)25;1-3-29-25-14-8-6-11-23(25)28-20(12-9-15-26(28)29)19-16-17-22-21-10-5-7-13-24(21)30(4-2)27(22)18-19;8*1-2/h6-19H,4-5H2,1-3H3;5-18H,3-4H2,1-2H3;8*1-2H3/q+1;;;;;;;;;. The van der Waals surface area contributed by atoms with Crippen molar-refractivity contribution in [1.82, 2.24) is 18.2 Å². The molecule has 0 fully saturated rings. The molecule has 410 valence electrons. The molecule has 0 spiro atoms. The van der Waals surface area contributed by atoms with Gasteiger partial charge in [-0.05, 0) is 99.0 Å². The molecule has 77 heavy (non-hydrogen) atoms. The summed E-state index contributed by atoms with van der Waals surface area (Å²) in [6.45, 7) is 44.9. The maximum absolute atomic E-state index is 2.44. The van der Waals surface area contributed by atoms with Gasteiger partial charge in [0.15, 0.2) is 5.69 Å². The van der Waals surface area contributed by atoms with Crippen LogP contribution in [0.4, 0.5) is 11.4 Å². The molecule has 4 heterocycles. The quantitative estimate of drug-likeness (QED) is 0.147. The fourth-order valence-electron chi connectivity index (χ4n) is 10.9. The van der Waals surface area contributed by atoms with Crippen molar-refractivity contribution < 1.29 is 0 Å². The smallest absolute Gasteiger partial charge is 0.153 e. The second-order valence-corrected chi connectivity index (χ2v) is 16.7. The number of hydrogen-bond acceptors (Lipinski definition) is 0. The molecule has 11 aromatic rings. The number of hydrogen-bond donors (Lipinski definition) is 0. The summed E-state index contributed by atoms with van der Waals surface area (Å²) in [5, 5.41) is 8.03. The summed E-state index contributed by atoms with van der Waals surface area (Å²) in [6, 6.07) is 62.7. The van der Waals surface area contributed by atoms with Crippen molar-refractivity contribution in [3.63, 3.8) is 0 Å². The minimum atomic E-state index is 0.844. The van der Waals surface area contributed by atoms with E-state index in [0.717, 1.165) is 30.7 Å². The van der Waals surface area contributed by atoms with Crippen molar-refractivity contribution >= 4 is 76.8 Å². The van der Waals surface area contributed by atoms with Gasteiger partial charge in [-0.15, -0.1) is 0 Å². The van der Waals surface area contributed by atoms with Crippen molar-refractivity contribution in [2.45, 2.75) is 158 Å². The van der Waals surface area contributed by atoms with Gasteiger partial charge in [-0.3, -0.25) is 4.48 Å². The van der Waals surface area contributed by atoms with E-state index in [9.17, 15) is 0 Å². The Bertz CT molecular complexity index is 3500. The third kappa shape index (κ3) is 12.1. The van der Waals surface area contributed by atoms with E-state index in [4.69, 9.17) is 0 Å². The first-order chi connectivity index (χ1) is 38.0. The number of quaternary nitrogens is 1. The van der Waals surface area contributed by atoms with E-state index >= 15 is 0 Å². The zero-order valence-corrected chi connectivity index (χ0v) is 51.8. The fourth-order valence-corrected chi connectivity index (χ4v) is 10.9. The summed E-state index contributed by atoms with van der Waals surface area (Å²) in [5.41, 5.74) is 18.7. The Morgan fingerprint density at radius 3 is 1.12 bits per heavy atom. The molecule has 0 aliphatic carbocycles. The van der Waals surface area contributed by atoms with Crippen LogP contribution in [0.25, 0.3) is 98.8 Å². The van der Waals surface area contributed by atoms with Gasteiger partial charge < -0.3 is 13.7 Å². The molecule has 12 rings (SSSR count). The van der Waals surface area contributed by atoms with Crippen LogP contribution in [0.1, 0.15) is 138 Å². The Hall–Kier alpha value is -6.88. The fraction of sp³-hybridized carbons (Fsp3) is 0.342. The number of rotatable bonds is 6. The van der Waals surface area contributed by atoms with Crippen LogP contribution >= 0.6 is 0 Å². The van der Waals surface area contributed by atoms with Gasteiger partial charge in [0.2, 0.25) is 0 Å². The van der Waals surface area contributed by atoms with Crippen LogP contribution in [-0.4, -0.2) is 27.3 Å². The first kappa shape index (κ1) is 64.4. The van der Waals surface area contributed by atoms with E-state index in [0.29, 0.717) is 0 Å². The molecule has 0 amide bonds. The van der Waals surface area contributed by atoms with Crippen LogP contribution in [0.5, 0.6) is 0 Å². The SMILES string of the molecule is CC.CC.CC.CC.CC.CC.CC.CC.CCn1c2ccccc2c2ccc(-c3cccc4c3[N+](C)(CC)c3ccccc3-4)cc21.CCn1c2ccccc2c2ccc(-c3cccc4c3c3ccccc3n4CC)cc21. The Kier molecular flexibility index (Phi) is 26.8. The molecule has 1 atom stereocenters. The van der Waals surface area contributed by atoms with Crippen molar-refractivity contribution in [2.24, 2.45) is 0 Å². The Morgan fingerprint density at radius 1 is 0.299 bits per heavy atom. The van der Waals surface area contributed by atoms with Crippen LogP contribution in [0.3, 0.4) is 0 Å². The summed E-state index contributed by atoms with van der Waals surface area (Å²) >= 11 is 0. The van der Waals surface area contributed by atoms with Gasteiger partial charge >= 0.3 is 0 Å². The highest BCUT2D eigenvalue weighted by atomic mass is 15.4. The summed E-state index contributed by atoms with van der Waals surface area (Å²) in [6.07, 6.45) is 0. The lowest BCUT2D eigenvalue weighted by atomic mass is 9.97. The molecule has 1 aliphatic heterocycles. The lowest BCUT2D eigenvalue weighted by Crippen LogP contribution is -2.37. The molecule has 0 saturated heterocycles. The van der Waals surface area contributed by atoms with E-state index < -0.39 is 0 Å². The van der Waals surface area contributed by atoms with E-state index in [2.05, 4.69) is 218 Å². The average molecular weight is 1030 g/mol. The molecule has 0 bridgehead atoms. The molecule has 4 heteroatoms. The number of nitrogens with zero attached hydrogens (tertiary/aromatic N) is 4. The van der Waals surface area contributed by atoms with Gasteiger partial charge in [0.1, 0.15) is 5.69 Å². The van der Waals surface area contributed by atoms with Gasteiger partial charge in [0.25, 0.3) is 0 Å². The zero-order chi connectivity index (χ0) is 57.4. The maximum Gasteiger partial charge on any atom is 0.153 e. The molecule has 8 aromatic carbocycles. The Labute approximate surface area is 467 Å². The van der Waals surface area contributed by atoms with E-state index in [-0.39, 0.29) is 0 Å². The Balaban J connectivity index is 0.000000323. The summed E-state index contributed by atoms with van der Waals surface area (Å²) in [7, 11) is 2.36. The van der Waals surface area contributed by atoms with Crippen molar-refractivity contribution in [1.29, 1.82) is 0 Å². The average Bonchev–Trinajstić information content (AvgIpc) is 4.26. The topological polar surface area (TPSA) is 14.8 Å². The van der Waals surface area contributed by atoms with Crippen LogP contribution < -0.4 is 4.48 Å².